The Kier molecular flexibility index (Phi) is 4.51. The Bertz CT molecular complexity index is 174. The molecular weight excluding hydrogens is 160 g/mol. The van der Waals surface area contributed by atoms with Crippen molar-refractivity contribution in [3.8, 4) is 0 Å². The molecule has 4 nitrogen and oxygen atoms in total. The van der Waals surface area contributed by atoms with Gasteiger partial charge in [0, 0.05) is 6.42 Å². The van der Waals surface area contributed by atoms with Crippen molar-refractivity contribution in [1.29, 1.82) is 0 Å². The monoisotopic (exact) mass is 174 g/mol. The first-order valence-electron chi connectivity index (χ1n) is 3.90. The maximum atomic E-state index is 10.9. The van der Waals surface area contributed by atoms with Crippen LogP contribution in [-0.2, 0) is 14.3 Å². The highest BCUT2D eigenvalue weighted by Crippen LogP contribution is 1.98. The van der Waals surface area contributed by atoms with Crippen LogP contribution in [0.5, 0.6) is 0 Å². The van der Waals surface area contributed by atoms with Gasteiger partial charge in [0.1, 0.15) is 6.10 Å². The predicted molar refractivity (Wildman–Crippen MR) is 42.5 cm³/mol. The summed E-state index contributed by atoms with van der Waals surface area (Å²) in [5.41, 5.74) is 0. The molecule has 0 aromatic carbocycles. The molecule has 0 fully saturated rings. The van der Waals surface area contributed by atoms with E-state index in [0.717, 1.165) is 0 Å². The number of hydrogen-bond acceptors (Lipinski definition) is 4. The van der Waals surface area contributed by atoms with Gasteiger partial charge >= 0.3 is 5.97 Å². The molecule has 12 heavy (non-hydrogen) atoms. The molecule has 1 N–H and O–H groups in total. The minimum atomic E-state index is -1.17. The van der Waals surface area contributed by atoms with Crippen LogP contribution in [0, 0.1) is 0 Å². The number of carbonyl (C=O) groups excluding carboxylic acids is 2. The number of ketones is 1. The van der Waals surface area contributed by atoms with Gasteiger partial charge in [0.05, 0.1) is 0 Å². The fourth-order valence-corrected chi connectivity index (χ4v) is 0.626. The highest BCUT2D eigenvalue weighted by atomic mass is 16.6. The van der Waals surface area contributed by atoms with E-state index in [-0.39, 0.29) is 5.78 Å². The van der Waals surface area contributed by atoms with Crippen LogP contribution in [0.4, 0.5) is 0 Å². The maximum absolute atomic E-state index is 10.9. The first-order chi connectivity index (χ1) is 5.49. The Morgan fingerprint density at radius 2 is 1.92 bits per heavy atom. The van der Waals surface area contributed by atoms with E-state index in [1.165, 1.54) is 13.8 Å². The Morgan fingerprint density at radius 1 is 1.42 bits per heavy atom. The number of ether oxygens (including phenoxy) is 1. The lowest BCUT2D eigenvalue weighted by Crippen LogP contribution is -2.28. The van der Waals surface area contributed by atoms with Crippen molar-refractivity contribution in [2.24, 2.45) is 0 Å². The van der Waals surface area contributed by atoms with Crippen molar-refractivity contribution < 1.29 is 19.4 Å². The number of aliphatic hydroxyl groups is 1. The summed E-state index contributed by atoms with van der Waals surface area (Å²) >= 11 is 0. The third kappa shape index (κ3) is 3.48. The van der Waals surface area contributed by atoms with Crippen molar-refractivity contribution in [3.63, 3.8) is 0 Å². The highest BCUT2D eigenvalue weighted by Gasteiger charge is 2.18. The van der Waals surface area contributed by atoms with E-state index >= 15 is 0 Å². The van der Waals surface area contributed by atoms with Crippen molar-refractivity contribution >= 4 is 11.8 Å². The Balaban J connectivity index is 3.92. The predicted octanol–water partition coefficient (Wildman–Crippen LogP) is 0.278. The Hall–Kier alpha value is -0.900. The van der Waals surface area contributed by atoms with E-state index in [1.54, 1.807) is 6.92 Å². The van der Waals surface area contributed by atoms with Crippen LogP contribution in [0.25, 0.3) is 0 Å². The van der Waals surface area contributed by atoms with Crippen LogP contribution in [0.1, 0.15) is 27.2 Å². The molecule has 0 spiro atoms. The summed E-state index contributed by atoms with van der Waals surface area (Å²) < 4.78 is 4.63. The minimum Gasteiger partial charge on any atom is -0.453 e. The molecule has 0 saturated heterocycles. The molecule has 0 rings (SSSR count). The topological polar surface area (TPSA) is 63.6 Å². The van der Waals surface area contributed by atoms with Crippen LogP contribution in [-0.4, -0.2) is 29.1 Å². The number of esters is 1. The third-order valence-electron chi connectivity index (χ3n) is 1.44. The van der Waals surface area contributed by atoms with E-state index in [1.807, 2.05) is 0 Å². The highest BCUT2D eigenvalue weighted by molar-refractivity contribution is 5.85. The standard InChI is InChI=1S/C8H14O4/c1-4-7(10)6(3)12-8(11)5(2)9/h5-6,9H,4H2,1-3H3/t5-,6-/m0/s1. The SMILES string of the molecule is CCC(=O)[C@H](C)OC(=O)[C@H](C)O. The lowest BCUT2D eigenvalue weighted by molar-refractivity contribution is -0.161. The van der Waals surface area contributed by atoms with Gasteiger partial charge in [0.2, 0.25) is 0 Å². The summed E-state index contributed by atoms with van der Waals surface area (Å²) in [6.45, 7) is 4.48. The van der Waals surface area contributed by atoms with Crippen molar-refractivity contribution in [2.75, 3.05) is 0 Å². The van der Waals surface area contributed by atoms with Crippen LogP contribution in [0.3, 0.4) is 0 Å². The van der Waals surface area contributed by atoms with Crippen LogP contribution in [0.15, 0.2) is 0 Å². The summed E-state index contributed by atoms with van der Waals surface area (Å²) in [5.74, 6) is -0.909. The van der Waals surface area contributed by atoms with Gasteiger partial charge in [-0.15, -0.1) is 0 Å². The number of Topliss-reactive ketones (excluding diaryl/α,β-unsaturated/α-hetero) is 1. The second-order valence-corrected chi connectivity index (χ2v) is 2.57. The van der Waals surface area contributed by atoms with Gasteiger partial charge in [0.15, 0.2) is 11.9 Å². The van der Waals surface area contributed by atoms with E-state index in [0.29, 0.717) is 6.42 Å². The van der Waals surface area contributed by atoms with Gasteiger partial charge in [-0.25, -0.2) is 4.79 Å². The second-order valence-electron chi connectivity index (χ2n) is 2.57. The molecular formula is C8H14O4. The average molecular weight is 174 g/mol. The molecule has 0 amide bonds. The van der Waals surface area contributed by atoms with E-state index < -0.39 is 18.2 Å². The fourth-order valence-electron chi connectivity index (χ4n) is 0.626. The third-order valence-corrected chi connectivity index (χ3v) is 1.44. The molecule has 0 radical (unpaired) electrons. The van der Waals surface area contributed by atoms with Gasteiger partial charge in [-0.2, -0.15) is 0 Å². The molecule has 0 bridgehead atoms. The number of hydrogen-bond donors (Lipinski definition) is 1. The first-order valence-corrected chi connectivity index (χ1v) is 3.90. The zero-order valence-electron chi connectivity index (χ0n) is 7.53. The molecule has 0 saturated carbocycles. The smallest absolute Gasteiger partial charge is 0.335 e. The fraction of sp³-hybridized carbons (Fsp3) is 0.750. The van der Waals surface area contributed by atoms with Crippen LogP contribution in [0.2, 0.25) is 0 Å². The minimum absolute atomic E-state index is 0.149. The summed E-state index contributed by atoms with van der Waals surface area (Å²) in [4.78, 5) is 21.7. The van der Waals surface area contributed by atoms with Crippen molar-refractivity contribution in [3.05, 3.63) is 0 Å². The molecule has 70 valence electrons. The molecule has 2 atom stereocenters. The van der Waals surface area contributed by atoms with Gasteiger partial charge in [0.25, 0.3) is 0 Å². The zero-order valence-corrected chi connectivity index (χ0v) is 7.53. The molecule has 0 aliphatic rings. The molecule has 0 unspecified atom stereocenters. The molecule has 0 aromatic heterocycles. The van der Waals surface area contributed by atoms with Gasteiger partial charge in [-0.3, -0.25) is 4.79 Å². The van der Waals surface area contributed by atoms with Gasteiger partial charge in [-0.05, 0) is 13.8 Å². The quantitative estimate of drug-likeness (QED) is 0.622. The number of rotatable bonds is 4. The second kappa shape index (κ2) is 4.87. The summed E-state index contributed by atoms with van der Waals surface area (Å²) in [5, 5.41) is 8.74. The lowest BCUT2D eigenvalue weighted by Gasteiger charge is -2.11. The van der Waals surface area contributed by atoms with Crippen molar-refractivity contribution in [2.45, 2.75) is 39.4 Å². The summed E-state index contributed by atoms with van der Waals surface area (Å²) in [7, 11) is 0. The van der Waals surface area contributed by atoms with Gasteiger partial charge < -0.3 is 9.84 Å². The van der Waals surface area contributed by atoms with E-state index in [4.69, 9.17) is 5.11 Å². The first kappa shape index (κ1) is 11.1. The lowest BCUT2D eigenvalue weighted by atomic mass is 10.2. The molecule has 0 heterocycles. The average Bonchev–Trinajstić information content (AvgIpc) is 2.02. The molecule has 0 aliphatic carbocycles. The Labute approximate surface area is 71.5 Å². The van der Waals surface area contributed by atoms with E-state index in [9.17, 15) is 9.59 Å². The zero-order chi connectivity index (χ0) is 9.72. The normalized spacial score (nSPS) is 15.0. The Morgan fingerprint density at radius 3 is 2.25 bits per heavy atom. The summed E-state index contributed by atoms with van der Waals surface area (Å²) in [6, 6.07) is 0. The maximum Gasteiger partial charge on any atom is 0.335 e. The van der Waals surface area contributed by atoms with Crippen LogP contribution >= 0.6 is 0 Å². The largest absolute Gasteiger partial charge is 0.453 e. The molecule has 0 aromatic rings. The van der Waals surface area contributed by atoms with Crippen LogP contribution < -0.4 is 0 Å². The number of aliphatic hydroxyl groups excluding tert-OH is 1. The molecule has 4 heteroatoms. The van der Waals surface area contributed by atoms with Crippen molar-refractivity contribution in [1.82, 2.24) is 0 Å². The summed E-state index contributed by atoms with van der Waals surface area (Å²) in [6.07, 6.45) is -1.59. The molecule has 0 aliphatic heterocycles. The van der Waals surface area contributed by atoms with Gasteiger partial charge in [-0.1, -0.05) is 6.92 Å². The van der Waals surface area contributed by atoms with E-state index in [2.05, 4.69) is 4.74 Å². The number of carbonyl (C=O) groups is 2.